The van der Waals surface area contributed by atoms with Gasteiger partial charge in [-0.15, -0.1) is 0 Å². The van der Waals surface area contributed by atoms with Crippen LogP contribution in [0.4, 0.5) is 0 Å². The Kier molecular flexibility index (Phi) is 2.65. The first-order valence-electron chi connectivity index (χ1n) is 5.61. The van der Waals surface area contributed by atoms with Crippen LogP contribution < -0.4 is 14.8 Å². The predicted octanol–water partition coefficient (Wildman–Crippen LogP) is 2.57. The van der Waals surface area contributed by atoms with Crippen LogP contribution in [0, 0.1) is 5.92 Å². The summed E-state index contributed by atoms with van der Waals surface area (Å²) in [5.41, 5.74) is 1.15. The van der Waals surface area contributed by atoms with Gasteiger partial charge in [0.15, 0.2) is 11.5 Å². The van der Waals surface area contributed by atoms with Gasteiger partial charge in [0.05, 0.1) is 5.02 Å². The molecule has 3 rings (SSSR count). The highest BCUT2D eigenvalue weighted by Crippen LogP contribution is 2.39. The van der Waals surface area contributed by atoms with E-state index in [9.17, 15) is 0 Å². The fraction of sp³-hybridized carbons (Fsp3) is 0.500. The van der Waals surface area contributed by atoms with Crippen LogP contribution in [0.3, 0.4) is 0 Å². The summed E-state index contributed by atoms with van der Waals surface area (Å²) >= 11 is 6.10. The number of halogens is 1. The van der Waals surface area contributed by atoms with Crippen LogP contribution in [0.15, 0.2) is 12.1 Å². The molecule has 1 aromatic carbocycles. The van der Waals surface area contributed by atoms with Gasteiger partial charge in [-0.3, -0.25) is 0 Å². The van der Waals surface area contributed by atoms with Crippen molar-refractivity contribution in [2.75, 3.05) is 13.3 Å². The van der Waals surface area contributed by atoms with Gasteiger partial charge in [0.25, 0.3) is 0 Å². The molecule has 3 nitrogen and oxygen atoms in total. The Bertz CT molecular complexity index is 404. The number of fused-ring (bicyclic) bond motifs is 1. The highest BCUT2D eigenvalue weighted by molar-refractivity contribution is 6.32. The molecule has 4 heteroatoms. The van der Waals surface area contributed by atoms with E-state index >= 15 is 0 Å². The Morgan fingerprint density at radius 1 is 1.31 bits per heavy atom. The Labute approximate surface area is 99.7 Å². The first-order chi connectivity index (χ1) is 7.83. The summed E-state index contributed by atoms with van der Waals surface area (Å²) in [5, 5.41) is 4.06. The summed E-state index contributed by atoms with van der Waals surface area (Å²) < 4.78 is 10.6. The van der Waals surface area contributed by atoms with Gasteiger partial charge in [-0.1, -0.05) is 11.6 Å². The van der Waals surface area contributed by atoms with E-state index in [1.807, 2.05) is 12.1 Å². The summed E-state index contributed by atoms with van der Waals surface area (Å²) in [6.45, 7) is 2.22. The normalized spacial score (nSPS) is 17.8. The summed E-state index contributed by atoms with van der Waals surface area (Å²) in [5.74, 6) is 2.33. The van der Waals surface area contributed by atoms with Crippen molar-refractivity contribution in [3.63, 3.8) is 0 Å². The van der Waals surface area contributed by atoms with Crippen LogP contribution in [-0.4, -0.2) is 13.3 Å². The summed E-state index contributed by atoms with van der Waals surface area (Å²) in [6.07, 6.45) is 2.74. The molecule has 0 spiro atoms. The van der Waals surface area contributed by atoms with E-state index in [4.69, 9.17) is 21.1 Å². The zero-order chi connectivity index (χ0) is 11.0. The van der Waals surface area contributed by atoms with Crippen LogP contribution in [-0.2, 0) is 6.54 Å². The van der Waals surface area contributed by atoms with Gasteiger partial charge in [-0.05, 0) is 43.0 Å². The average Bonchev–Trinajstić information content (AvgIpc) is 2.94. The predicted molar refractivity (Wildman–Crippen MR) is 62.0 cm³/mol. The Morgan fingerprint density at radius 3 is 3.00 bits per heavy atom. The van der Waals surface area contributed by atoms with Crippen molar-refractivity contribution in [1.29, 1.82) is 0 Å². The minimum atomic E-state index is 0.272. The topological polar surface area (TPSA) is 30.5 Å². The maximum absolute atomic E-state index is 6.10. The minimum Gasteiger partial charge on any atom is -0.454 e. The van der Waals surface area contributed by atoms with E-state index in [0.29, 0.717) is 10.8 Å². The molecule has 0 saturated heterocycles. The van der Waals surface area contributed by atoms with Crippen LogP contribution in [0.25, 0.3) is 0 Å². The molecule has 1 saturated carbocycles. The molecule has 1 aromatic rings. The Balaban J connectivity index is 1.67. The molecule has 1 aliphatic carbocycles. The molecule has 16 heavy (non-hydrogen) atoms. The molecule has 1 N–H and O–H groups in total. The van der Waals surface area contributed by atoms with Crippen molar-refractivity contribution in [3.05, 3.63) is 22.7 Å². The quantitative estimate of drug-likeness (QED) is 0.876. The summed E-state index contributed by atoms with van der Waals surface area (Å²) in [6, 6.07) is 3.93. The fourth-order valence-electron chi connectivity index (χ4n) is 1.87. The molecule has 0 radical (unpaired) electrons. The molecule has 0 aromatic heterocycles. The van der Waals surface area contributed by atoms with Crippen LogP contribution in [0.1, 0.15) is 18.4 Å². The van der Waals surface area contributed by atoms with E-state index in [1.165, 1.54) is 12.8 Å². The standard InChI is InChI=1S/C12H14ClNO2/c13-10-3-9(6-14-5-8-1-2-8)4-11-12(10)16-7-15-11/h3-4,8,14H,1-2,5-7H2. The number of rotatable bonds is 4. The second-order valence-electron chi connectivity index (χ2n) is 4.39. The second kappa shape index (κ2) is 4.15. The van der Waals surface area contributed by atoms with Crippen molar-refractivity contribution >= 4 is 11.6 Å². The van der Waals surface area contributed by atoms with Gasteiger partial charge in [-0.25, -0.2) is 0 Å². The van der Waals surface area contributed by atoms with Gasteiger partial charge in [0.1, 0.15) is 0 Å². The molecule has 86 valence electrons. The monoisotopic (exact) mass is 239 g/mol. The van der Waals surface area contributed by atoms with Crippen molar-refractivity contribution in [1.82, 2.24) is 5.32 Å². The maximum atomic E-state index is 6.10. The fourth-order valence-corrected chi connectivity index (χ4v) is 2.15. The highest BCUT2D eigenvalue weighted by atomic mass is 35.5. The van der Waals surface area contributed by atoms with Gasteiger partial charge >= 0.3 is 0 Å². The third-order valence-electron chi connectivity index (χ3n) is 2.95. The van der Waals surface area contributed by atoms with E-state index in [0.717, 1.165) is 30.3 Å². The number of hydrogen-bond acceptors (Lipinski definition) is 3. The molecule has 0 amide bonds. The number of benzene rings is 1. The Morgan fingerprint density at radius 2 is 2.19 bits per heavy atom. The summed E-state index contributed by atoms with van der Waals surface area (Å²) in [4.78, 5) is 0. The zero-order valence-electron chi connectivity index (χ0n) is 8.96. The largest absolute Gasteiger partial charge is 0.454 e. The second-order valence-corrected chi connectivity index (χ2v) is 4.79. The molecule has 1 heterocycles. The lowest BCUT2D eigenvalue weighted by atomic mass is 10.2. The molecule has 1 fully saturated rings. The van der Waals surface area contributed by atoms with E-state index in [1.54, 1.807) is 0 Å². The van der Waals surface area contributed by atoms with Crippen LogP contribution >= 0.6 is 11.6 Å². The number of ether oxygens (including phenoxy) is 2. The smallest absolute Gasteiger partial charge is 0.231 e. The molecule has 0 bridgehead atoms. The minimum absolute atomic E-state index is 0.272. The summed E-state index contributed by atoms with van der Waals surface area (Å²) in [7, 11) is 0. The zero-order valence-corrected chi connectivity index (χ0v) is 9.72. The average molecular weight is 240 g/mol. The first-order valence-corrected chi connectivity index (χ1v) is 5.99. The van der Waals surface area contributed by atoms with Gasteiger partial charge < -0.3 is 14.8 Å². The molecule has 0 atom stereocenters. The van der Waals surface area contributed by atoms with Crippen molar-refractivity contribution in [2.24, 2.45) is 5.92 Å². The first kappa shape index (κ1) is 10.2. The van der Waals surface area contributed by atoms with Gasteiger partial charge in [-0.2, -0.15) is 0 Å². The third kappa shape index (κ3) is 2.11. The SMILES string of the molecule is Clc1cc(CNCC2CC2)cc2c1OCO2. The molecular formula is C12H14ClNO2. The molecule has 1 aliphatic heterocycles. The number of hydrogen-bond donors (Lipinski definition) is 1. The molecule has 0 unspecified atom stereocenters. The number of nitrogens with one attached hydrogen (secondary N) is 1. The van der Waals surface area contributed by atoms with E-state index < -0.39 is 0 Å². The molecule has 2 aliphatic rings. The van der Waals surface area contributed by atoms with E-state index in [-0.39, 0.29) is 6.79 Å². The highest BCUT2D eigenvalue weighted by Gasteiger charge is 2.21. The third-order valence-corrected chi connectivity index (χ3v) is 3.23. The Hall–Kier alpha value is -0.930. The molecular weight excluding hydrogens is 226 g/mol. The maximum Gasteiger partial charge on any atom is 0.231 e. The van der Waals surface area contributed by atoms with Gasteiger partial charge in [0.2, 0.25) is 6.79 Å². The lowest BCUT2D eigenvalue weighted by Gasteiger charge is -2.06. The van der Waals surface area contributed by atoms with Crippen molar-refractivity contribution in [2.45, 2.75) is 19.4 Å². The van der Waals surface area contributed by atoms with Crippen LogP contribution in [0.5, 0.6) is 11.5 Å². The van der Waals surface area contributed by atoms with Gasteiger partial charge in [0, 0.05) is 6.54 Å². The van der Waals surface area contributed by atoms with Crippen molar-refractivity contribution in [3.8, 4) is 11.5 Å². The van der Waals surface area contributed by atoms with Crippen molar-refractivity contribution < 1.29 is 9.47 Å². The lowest BCUT2D eigenvalue weighted by molar-refractivity contribution is 0.174. The van der Waals surface area contributed by atoms with E-state index in [2.05, 4.69) is 5.32 Å². The van der Waals surface area contributed by atoms with Crippen LogP contribution in [0.2, 0.25) is 5.02 Å². The lowest BCUT2D eigenvalue weighted by Crippen LogP contribution is -2.15.